The topological polar surface area (TPSA) is 40.7 Å². The van der Waals surface area contributed by atoms with E-state index in [0.717, 1.165) is 18.1 Å². The van der Waals surface area contributed by atoms with E-state index in [0.29, 0.717) is 0 Å². The SMILES string of the molecule is Cc1[nH]nc(NCc2ccc3ccccc3c2)c1C. The molecule has 2 aromatic carbocycles. The smallest absolute Gasteiger partial charge is 0.151 e. The van der Waals surface area contributed by atoms with E-state index in [1.807, 2.05) is 6.92 Å². The fourth-order valence-electron chi connectivity index (χ4n) is 2.19. The Kier molecular flexibility index (Phi) is 2.95. The Hall–Kier alpha value is -2.29. The summed E-state index contributed by atoms with van der Waals surface area (Å²) in [6, 6.07) is 14.9. The summed E-state index contributed by atoms with van der Waals surface area (Å²) in [6.45, 7) is 4.89. The summed E-state index contributed by atoms with van der Waals surface area (Å²) in [4.78, 5) is 0. The zero-order valence-electron chi connectivity index (χ0n) is 11.2. The zero-order chi connectivity index (χ0) is 13.2. The lowest BCUT2D eigenvalue weighted by Gasteiger charge is -2.06. The monoisotopic (exact) mass is 251 g/mol. The standard InChI is InChI=1S/C16H17N3/c1-11-12(2)18-19-16(11)17-10-13-7-8-14-5-3-4-6-15(14)9-13/h3-9H,10H2,1-2H3,(H2,17,18,19). The van der Waals surface area contributed by atoms with E-state index in [2.05, 4.69) is 64.9 Å². The van der Waals surface area contributed by atoms with Gasteiger partial charge in [0.1, 0.15) is 0 Å². The minimum absolute atomic E-state index is 0.788. The number of aromatic amines is 1. The van der Waals surface area contributed by atoms with Crippen molar-refractivity contribution in [1.29, 1.82) is 0 Å². The molecule has 0 saturated carbocycles. The first-order chi connectivity index (χ1) is 9.24. The molecule has 0 amide bonds. The van der Waals surface area contributed by atoms with Gasteiger partial charge in [-0.25, -0.2) is 0 Å². The molecule has 0 radical (unpaired) electrons. The van der Waals surface area contributed by atoms with Crippen molar-refractivity contribution >= 4 is 16.6 Å². The number of nitrogens with one attached hydrogen (secondary N) is 2. The van der Waals surface area contributed by atoms with Crippen molar-refractivity contribution in [3.63, 3.8) is 0 Å². The van der Waals surface area contributed by atoms with Gasteiger partial charge in [-0.1, -0.05) is 36.4 Å². The molecule has 2 N–H and O–H groups in total. The average molecular weight is 251 g/mol. The third-order valence-electron chi connectivity index (χ3n) is 3.53. The predicted molar refractivity (Wildman–Crippen MR) is 79.3 cm³/mol. The summed E-state index contributed by atoms with van der Waals surface area (Å²) in [5.41, 5.74) is 3.56. The van der Waals surface area contributed by atoms with Gasteiger partial charge in [0.2, 0.25) is 0 Å². The van der Waals surface area contributed by atoms with Crippen LogP contribution in [0.3, 0.4) is 0 Å². The molecule has 3 aromatic rings. The van der Waals surface area contributed by atoms with E-state index in [1.165, 1.54) is 21.9 Å². The highest BCUT2D eigenvalue weighted by atomic mass is 15.2. The molecule has 0 bridgehead atoms. The Labute approximate surface area is 112 Å². The van der Waals surface area contributed by atoms with Gasteiger partial charge >= 0.3 is 0 Å². The molecular weight excluding hydrogens is 234 g/mol. The van der Waals surface area contributed by atoms with Crippen molar-refractivity contribution in [1.82, 2.24) is 10.2 Å². The molecule has 0 unspecified atom stereocenters. The van der Waals surface area contributed by atoms with Crippen molar-refractivity contribution in [3.8, 4) is 0 Å². The molecule has 0 fully saturated rings. The summed E-state index contributed by atoms with van der Waals surface area (Å²) >= 11 is 0. The van der Waals surface area contributed by atoms with Gasteiger partial charge in [-0.3, -0.25) is 5.10 Å². The number of fused-ring (bicyclic) bond motifs is 1. The van der Waals surface area contributed by atoms with Crippen molar-refractivity contribution in [2.24, 2.45) is 0 Å². The van der Waals surface area contributed by atoms with Crippen LogP contribution >= 0.6 is 0 Å². The predicted octanol–water partition coefficient (Wildman–Crippen LogP) is 3.79. The number of hydrogen-bond donors (Lipinski definition) is 2. The van der Waals surface area contributed by atoms with Crippen LogP contribution in [0.2, 0.25) is 0 Å². The van der Waals surface area contributed by atoms with Crippen LogP contribution in [0.1, 0.15) is 16.8 Å². The second-order valence-corrected chi connectivity index (χ2v) is 4.86. The maximum absolute atomic E-state index is 4.26. The van der Waals surface area contributed by atoms with Crippen LogP contribution in [-0.2, 0) is 6.54 Å². The van der Waals surface area contributed by atoms with Crippen molar-refractivity contribution in [3.05, 3.63) is 59.3 Å². The number of hydrogen-bond acceptors (Lipinski definition) is 2. The summed E-state index contributed by atoms with van der Waals surface area (Å²) in [5, 5.41) is 13.2. The normalized spacial score (nSPS) is 10.8. The van der Waals surface area contributed by atoms with Crippen LogP contribution in [0.4, 0.5) is 5.82 Å². The quantitative estimate of drug-likeness (QED) is 0.743. The summed E-state index contributed by atoms with van der Waals surface area (Å²) in [5.74, 6) is 0.936. The van der Waals surface area contributed by atoms with E-state index < -0.39 is 0 Å². The molecule has 3 heteroatoms. The van der Waals surface area contributed by atoms with Crippen LogP contribution in [0.25, 0.3) is 10.8 Å². The number of benzene rings is 2. The lowest BCUT2D eigenvalue weighted by molar-refractivity contribution is 1.03. The Morgan fingerprint density at radius 1 is 1.05 bits per heavy atom. The van der Waals surface area contributed by atoms with Gasteiger partial charge in [0.05, 0.1) is 0 Å². The summed E-state index contributed by atoms with van der Waals surface area (Å²) in [7, 11) is 0. The molecule has 0 aliphatic rings. The third kappa shape index (κ3) is 2.32. The maximum Gasteiger partial charge on any atom is 0.151 e. The number of nitrogens with zero attached hydrogens (tertiary/aromatic N) is 1. The number of aromatic nitrogens is 2. The zero-order valence-corrected chi connectivity index (χ0v) is 11.2. The molecule has 3 nitrogen and oxygen atoms in total. The fraction of sp³-hybridized carbons (Fsp3) is 0.188. The lowest BCUT2D eigenvalue weighted by atomic mass is 10.1. The van der Waals surface area contributed by atoms with Gasteiger partial charge in [-0.05, 0) is 36.2 Å². The molecule has 0 saturated heterocycles. The highest BCUT2D eigenvalue weighted by molar-refractivity contribution is 5.83. The molecule has 0 spiro atoms. The minimum atomic E-state index is 0.788. The molecular formula is C16H17N3. The largest absolute Gasteiger partial charge is 0.364 e. The van der Waals surface area contributed by atoms with Crippen molar-refractivity contribution < 1.29 is 0 Å². The van der Waals surface area contributed by atoms with Crippen LogP contribution in [0.15, 0.2) is 42.5 Å². The van der Waals surface area contributed by atoms with Gasteiger partial charge in [0.15, 0.2) is 5.82 Å². The fourth-order valence-corrected chi connectivity index (χ4v) is 2.19. The number of rotatable bonds is 3. The van der Waals surface area contributed by atoms with Crippen LogP contribution < -0.4 is 5.32 Å². The number of aryl methyl sites for hydroxylation is 1. The Morgan fingerprint density at radius 3 is 2.58 bits per heavy atom. The molecule has 1 aromatic heterocycles. The summed E-state index contributed by atoms with van der Waals surface area (Å²) < 4.78 is 0. The third-order valence-corrected chi connectivity index (χ3v) is 3.53. The van der Waals surface area contributed by atoms with Gasteiger partial charge < -0.3 is 5.32 Å². The minimum Gasteiger partial charge on any atom is -0.364 e. The van der Waals surface area contributed by atoms with Crippen molar-refractivity contribution in [2.45, 2.75) is 20.4 Å². The van der Waals surface area contributed by atoms with E-state index in [4.69, 9.17) is 0 Å². The van der Waals surface area contributed by atoms with Gasteiger partial charge in [-0.15, -0.1) is 0 Å². The lowest BCUT2D eigenvalue weighted by Crippen LogP contribution is -2.00. The first-order valence-corrected chi connectivity index (χ1v) is 6.47. The molecule has 1 heterocycles. The second kappa shape index (κ2) is 4.76. The Morgan fingerprint density at radius 2 is 1.84 bits per heavy atom. The van der Waals surface area contributed by atoms with E-state index >= 15 is 0 Å². The van der Waals surface area contributed by atoms with Crippen LogP contribution in [0.5, 0.6) is 0 Å². The van der Waals surface area contributed by atoms with Crippen molar-refractivity contribution in [2.75, 3.05) is 5.32 Å². The molecule has 3 rings (SSSR count). The Bertz CT molecular complexity index is 713. The number of H-pyrrole nitrogens is 1. The molecule has 19 heavy (non-hydrogen) atoms. The van der Waals surface area contributed by atoms with Gasteiger partial charge in [-0.2, -0.15) is 5.10 Å². The first-order valence-electron chi connectivity index (χ1n) is 6.47. The maximum atomic E-state index is 4.26. The van der Waals surface area contributed by atoms with Crippen LogP contribution in [-0.4, -0.2) is 10.2 Å². The van der Waals surface area contributed by atoms with Gasteiger partial charge in [0, 0.05) is 17.8 Å². The van der Waals surface area contributed by atoms with Crippen LogP contribution in [0, 0.1) is 13.8 Å². The van der Waals surface area contributed by atoms with E-state index in [1.54, 1.807) is 0 Å². The molecule has 0 atom stereocenters. The Balaban J connectivity index is 1.80. The first kappa shape index (κ1) is 11.8. The average Bonchev–Trinajstić information content (AvgIpc) is 2.76. The molecule has 0 aliphatic heterocycles. The molecule has 0 aliphatic carbocycles. The van der Waals surface area contributed by atoms with Gasteiger partial charge in [0.25, 0.3) is 0 Å². The van der Waals surface area contributed by atoms with E-state index in [9.17, 15) is 0 Å². The summed E-state index contributed by atoms with van der Waals surface area (Å²) in [6.07, 6.45) is 0. The molecule has 96 valence electrons. The number of anilines is 1. The van der Waals surface area contributed by atoms with E-state index in [-0.39, 0.29) is 0 Å². The highest BCUT2D eigenvalue weighted by Gasteiger charge is 2.04. The second-order valence-electron chi connectivity index (χ2n) is 4.86. The highest BCUT2D eigenvalue weighted by Crippen LogP contribution is 2.18.